The van der Waals surface area contributed by atoms with Crippen molar-refractivity contribution in [3.8, 4) is 0 Å². The molecule has 0 spiro atoms. The van der Waals surface area contributed by atoms with Crippen LogP contribution in [0.15, 0.2) is 18.2 Å². The Morgan fingerprint density at radius 1 is 1.11 bits per heavy atom. The van der Waals surface area contributed by atoms with Crippen molar-refractivity contribution in [2.24, 2.45) is 0 Å². The summed E-state index contributed by atoms with van der Waals surface area (Å²) >= 11 is 14.2. The normalized spacial score (nSPS) is 19.8. The fraction of sp³-hybridized carbons (Fsp3) is 0.500. The van der Waals surface area contributed by atoms with Crippen molar-refractivity contribution in [3.05, 3.63) is 38.8 Å². The molecule has 4 rings (SSSR count). The highest BCUT2D eigenvalue weighted by molar-refractivity contribution is 7.15. The van der Waals surface area contributed by atoms with E-state index in [1.165, 1.54) is 10.6 Å². The van der Waals surface area contributed by atoms with Gasteiger partial charge in [-0.15, -0.1) is 36.2 Å². The first-order chi connectivity index (χ1) is 12.1. The highest BCUT2D eigenvalue weighted by Gasteiger charge is 2.27. The van der Waals surface area contributed by atoms with Crippen molar-refractivity contribution in [1.82, 2.24) is 10.3 Å². The molecule has 0 unspecified atom stereocenters. The molecule has 150 valence electrons. The highest BCUT2D eigenvalue weighted by Crippen LogP contribution is 2.34. The number of benzene rings is 1. The molecule has 1 aromatic carbocycles. The van der Waals surface area contributed by atoms with Gasteiger partial charge >= 0.3 is 0 Å². The van der Waals surface area contributed by atoms with Crippen LogP contribution in [-0.4, -0.2) is 30.2 Å². The molecular formula is C18H24Cl4N4S. The van der Waals surface area contributed by atoms with E-state index in [-0.39, 0.29) is 24.8 Å². The van der Waals surface area contributed by atoms with Gasteiger partial charge in [-0.1, -0.05) is 29.3 Å². The Balaban J connectivity index is 0.00000131. The smallest absolute Gasteiger partial charge is 0.180 e. The number of halogens is 4. The van der Waals surface area contributed by atoms with Crippen LogP contribution in [0.2, 0.25) is 10.0 Å². The van der Waals surface area contributed by atoms with Gasteiger partial charge in [-0.05, 0) is 44.2 Å². The number of nitrogens with one attached hydrogen (secondary N) is 1. The van der Waals surface area contributed by atoms with Crippen LogP contribution in [0, 0.1) is 0 Å². The number of aromatic nitrogens is 1. The number of rotatable bonds is 3. The van der Waals surface area contributed by atoms with E-state index in [1.54, 1.807) is 11.3 Å². The van der Waals surface area contributed by atoms with E-state index in [1.807, 2.05) is 12.1 Å². The van der Waals surface area contributed by atoms with Crippen LogP contribution in [0.3, 0.4) is 0 Å². The number of nitrogen functional groups attached to an aromatic ring is 1. The van der Waals surface area contributed by atoms with Crippen LogP contribution in [0.4, 0.5) is 10.8 Å². The van der Waals surface area contributed by atoms with Crippen molar-refractivity contribution in [1.29, 1.82) is 0 Å². The first-order valence-electron chi connectivity index (χ1n) is 8.79. The summed E-state index contributed by atoms with van der Waals surface area (Å²) in [7, 11) is 0. The summed E-state index contributed by atoms with van der Waals surface area (Å²) in [6.07, 6.45) is 5.49. The average molecular weight is 470 g/mol. The Morgan fingerprint density at radius 3 is 2.59 bits per heavy atom. The summed E-state index contributed by atoms with van der Waals surface area (Å²) in [6.45, 7) is 2.01. The number of hydrogen-bond donors (Lipinski definition) is 2. The van der Waals surface area contributed by atoms with E-state index in [4.69, 9.17) is 28.9 Å². The summed E-state index contributed by atoms with van der Waals surface area (Å²) in [6, 6.07) is 6.96. The molecule has 0 radical (unpaired) electrons. The van der Waals surface area contributed by atoms with Gasteiger partial charge in [-0.25, -0.2) is 4.98 Å². The lowest BCUT2D eigenvalue weighted by atomic mass is 9.95. The molecule has 0 bridgehead atoms. The van der Waals surface area contributed by atoms with Crippen LogP contribution < -0.4 is 16.0 Å². The zero-order valence-corrected chi connectivity index (χ0v) is 18.8. The quantitative estimate of drug-likeness (QED) is 0.664. The fourth-order valence-corrected chi connectivity index (χ4v) is 5.27. The molecule has 2 heterocycles. The molecule has 3 N–H and O–H groups in total. The molecule has 9 heteroatoms. The Kier molecular flexibility index (Phi) is 8.34. The van der Waals surface area contributed by atoms with Crippen LogP contribution in [-0.2, 0) is 12.8 Å². The van der Waals surface area contributed by atoms with Crippen molar-refractivity contribution < 1.29 is 0 Å². The Bertz CT molecular complexity index is 762. The van der Waals surface area contributed by atoms with Crippen molar-refractivity contribution in [2.75, 3.05) is 23.7 Å². The van der Waals surface area contributed by atoms with Gasteiger partial charge in [0.2, 0.25) is 0 Å². The second kappa shape index (κ2) is 9.86. The maximum absolute atomic E-state index is 6.36. The van der Waals surface area contributed by atoms with Crippen molar-refractivity contribution in [2.45, 2.75) is 44.2 Å². The minimum Gasteiger partial charge on any atom is -0.375 e. The lowest BCUT2D eigenvalue weighted by molar-refractivity contribution is 0.346. The molecule has 1 atom stereocenters. The minimum atomic E-state index is 0. The van der Waals surface area contributed by atoms with Gasteiger partial charge in [0.05, 0.1) is 21.4 Å². The molecule has 0 amide bonds. The van der Waals surface area contributed by atoms with E-state index in [2.05, 4.69) is 21.3 Å². The average Bonchev–Trinajstić information content (AvgIpc) is 2.97. The molecule has 2 aliphatic rings. The van der Waals surface area contributed by atoms with Crippen LogP contribution in [0.5, 0.6) is 0 Å². The van der Waals surface area contributed by atoms with Crippen molar-refractivity contribution in [3.63, 3.8) is 0 Å². The molecule has 1 aliphatic heterocycles. The third kappa shape index (κ3) is 5.14. The lowest BCUT2D eigenvalue weighted by Gasteiger charge is -2.37. The first kappa shape index (κ1) is 22.9. The number of anilines is 2. The zero-order valence-electron chi connectivity index (χ0n) is 14.8. The molecule has 1 saturated heterocycles. The molecule has 27 heavy (non-hydrogen) atoms. The van der Waals surface area contributed by atoms with E-state index < -0.39 is 0 Å². The summed E-state index contributed by atoms with van der Waals surface area (Å²) in [5.74, 6) is 0. The summed E-state index contributed by atoms with van der Waals surface area (Å²) in [4.78, 5) is 8.14. The summed E-state index contributed by atoms with van der Waals surface area (Å²) in [5, 5.41) is 5.86. The second-order valence-electron chi connectivity index (χ2n) is 6.86. The number of thiazole rings is 1. The molecule has 1 fully saturated rings. The van der Waals surface area contributed by atoms with Gasteiger partial charge in [0, 0.05) is 30.1 Å². The Labute approximate surface area is 186 Å². The van der Waals surface area contributed by atoms with Gasteiger partial charge in [0.1, 0.15) is 0 Å². The molecule has 0 saturated carbocycles. The van der Waals surface area contributed by atoms with E-state index in [9.17, 15) is 0 Å². The Hall–Kier alpha value is -0.430. The number of hydrogen-bond acceptors (Lipinski definition) is 5. The van der Waals surface area contributed by atoms with Gasteiger partial charge in [-0.3, -0.25) is 0 Å². The van der Waals surface area contributed by atoms with Gasteiger partial charge < -0.3 is 16.0 Å². The van der Waals surface area contributed by atoms with Gasteiger partial charge in [0.25, 0.3) is 0 Å². The Morgan fingerprint density at radius 2 is 1.85 bits per heavy atom. The van der Waals surface area contributed by atoms with Crippen LogP contribution in [0.1, 0.15) is 29.8 Å². The molecular weight excluding hydrogens is 446 g/mol. The fourth-order valence-electron chi connectivity index (χ4n) is 3.89. The third-order valence-electron chi connectivity index (χ3n) is 5.19. The molecule has 1 aliphatic carbocycles. The number of fused-ring (bicyclic) bond motifs is 1. The lowest BCUT2D eigenvalue weighted by Crippen LogP contribution is -2.47. The van der Waals surface area contributed by atoms with Gasteiger partial charge in [0.15, 0.2) is 5.13 Å². The van der Waals surface area contributed by atoms with Gasteiger partial charge in [-0.2, -0.15) is 0 Å². The predicted molar refractivity (Wildman–Crippen MR) is 122 cm³/mol. The number of piperidine rings is 1. The second-order valence-corrected chi connectivity index (χ2v) is 8.76. The third-order valence-corrected chi connectivity index (χ3v) is 6.95. The van der Waals surface area contributed by atoms with E-state index in [0.717, 1.165) is 50.9 Å². The van der Waals surface area contributed by atoms with E-state index in [0.29, 0.717) is 27.3 Å². The molecule has 1 aromatic heterocycles. The topological polar surface area (TPSA) is 54.2 Å². The summed E-state index contributed by atoms with van der Waals surface area (Å²) < 4.78 is 0. The number of nitrogens with two attached hydrogens (primary N) is 1. The maximum atomic E-state index is 6.36. The minimum absolute atomic E-state index is 0. The largest absolute Gasteiger partial charge is 0.375 e. The number of nitrogens with zero attached hydrogens (tertiary/aromatic N) is 2. The first-order valence-corrected chi connectivity index (χ1v) is 10.4. The number of aryl methyl sites for hydroxylation is 1. The summed E-state index contributed by atoms with van der Waals surface area (Å²) in [5.41, 5.74) is 8.11. The monoisotopic (exact) mass is 468 g/mol. The predicted octanol–water partition coefficient (Wildman–Crippen LogP) is 4.99. The van der Waals surface area contributed by atoms with Crippen LogP contribution in [0.25, 0.3) is 0 Å². The molecule has 2 aromatic rings. The van der Waals surface area contributed by atoms with Crippen LogP contribution >= 0.6 is 59.4 Å². The van der Waals surface area contributed by atoms with E-state index >= 15 is 0 Å². The highest BCUT2D eigenvalue weighted by atomic mass is 35.5. The maximum Gasteiger partial charge on any atom is 0.180 e. The zero-order chi connectivity index (χ0) is 17.4. The molecule has 4 nitrogen and oxygen atoms in total. The SMILES string of the molecule is Cl.Cl.Nc1nc2c(s1)C[C@@H](NC1CCN(c3cccc(Cl)c3Cl)CC1)CC2. The standard InChI is InChI=1S/C18H22Cl2N4S.2ClH/c19-13-2-1-3-15(17(13)20)24-8-6-11(7-9-24)22-12-4-5-14-16(10-12)25-18(21)23-14;;/h1-3,11-12,22H,4-10H2,(H2,21,23);2*1H/t12-;;/m0../s1. The van der Waals surface area contributed by atoms with Crippen molar-refractivity contribution >= 4 is 70.2 Å².